The number of rotatable bonds is 5. The zero-order valence-electron chi connectivity index (χ0n) is 7.32. The maximum atomic E-state index is 10.1. The van der Waals surface area contributed by atoms with Crippen molar-refractivity contribution in [3.8, 4) is 5.75 Å². The van der Waals surface area contributed by atoms with E-state index in [4.69, 9.17) is 4.74 Å². The second-order valence-electron chi connectivity index (χ2n) is 2.62. The first-order chi connectivity index (χ1) is 6.33. The Morgan fingerprint density at radius 1 is 1.38 bits per heavy atom. The van der Waals surface area contributed by atoms with E-state index in [-0.39, 0.29) is 0 Å². The topological polar surface area (TPSA) is 26.3 Å². The summed E-state index contributed by atoms with van der Waals surface area (Å²) in [5, 5.41) is 0. The zero-order chi connectivity index (χ0) is 9.52. The molecule has 1 radical (unpaired) electrons. The van der Waals surface area contributed by atoms with Crippen LogP contribution in [0.15, 0.2) is 42.5 Å². The quantitative estimate of drug-likeness (QED) is 0.641. The lowest BCUT2D eigenvalue weighted by molar-refractivity contribution is 0.323. The van der Waals surface area contributed by atoms with Gasteiger partial charge in [-0.15, -0.1) is 0 Å². The standard InChI is InChI=1S/C11H11O2/c1-10(9-12)7-8-13-11-5-3-2-4-6-11/h2-6H,1,7-8H2. The van der Waals surface area contributed by atoms with E-state index < -0.39 is 0 Å². The number of hydrogen-bond donors (Lipinski definition) is 0. The molecule has 2 heteroatoms. The number of carbonyl (C=O) groups excluding carboxylic acids is 1. The first-order valence-electron chi connectivity index (χ1n) is 4.06. The number of benzene rings is 1. The summed E-state index contributed by atoms with van der Waals surface area (Å²) in [6.07, 6.45) is 2.25. The van der Waals surface area contributed by atoms with E-state index >= 15 is 0 Å². The molecule has 0 amide bonds. The predicted molar refractivity (Wildman–Crippen MR) is 51.4 cm³/mol. The van der Waals surface area contributed by atoms with Gasteiger partial charge >= 0.3 is 0 Å². The molecule has 0 heterocycles. The van der Waals surface area contributed by atoms with Gasteiger partial charge < -0.3 is 4.74 Å². The molecule has 0 bridgehead atoms. The summed E-state index contributed by atoms with van der Waals surface area (Å²) < 4.78 is 5.34. The van der Waals surface area contributed by atoms with Crippen LogP contribution < -0.4 is 4.74 Å². The van der Waals surface area contributed by atoms with Gasteiger partial charge in [0, 0.05) is 6.42 Å². The summed E-state index contributed by atoms with van der Waals surface area (Å²) in [6.45, 7) is 3.97. The largest absolute Gasteiger partial charge is 0.493 e. The minimum atomic E-state index is 0.441. The molecule has 0 spiro atoms. The molecule has 0 fully saturated rings. The van der Waals surface area contributed by atoms with Crippen LogP contribution in [0.2, 0.25) is 0 Å². The molecule has 0 aliphatic carbocycles. The van der Waals surface area contributed by atoms with Crippen molar-refractivity contribution >= 4 is 6.29 Å². The molecule has 13 heavy (non-hydrogen) atoms. The van der Waals surface area contributed by atoms with Crippen LogP contribution in [0.3, 0.4) is 0 Å². The molecule has 1 aromatic rings. The predicted octanol–water partition coefficient (Wildman–Crippen LogP) is 2.12. The first-order valence-corrected chi connectivity index (χ1v) is 4.06. The van der Waals surface area contributed by atoms with Gasteiger partial charge in [-0.05, 0) is 17.7 Å². The fourth-order valence-electron chi connectivity index (χ4n) is 0.860. The molecule has 1 rings (SSSR count). The molecule has 0 saturated heterocycles. The Hall–Kier alpha value is -1.57. The molecular formula is C11H11O2. The molecule has 2 nitrogen and oxygen atoms in total. The summed E-state index contributed by atoms with van der Waals surface area (Å²) in [5.41, 5.74) is 0.441. The van der Waals surface area contributed by atoms with E-state index in [1.54, 1.807) is 6.29 Å². The maximum Gasteiger partial charge on any atom is 0.228 e. The second-order valence-corrected chi connectivity index (χ2v) is 2.62. The van der Waals surface area contributed by atoms with Crippen molar-refractivity contribution in [2.24, 2.45) is 0 Å². The Labute approximate surface area is 77.8 Å². The van der Waals surface area contributed by atoms with E-state index in [1.807, 2.05) is 30.3 Å². The Balaban J connectivity index is 2.28. The molecule has 1 aromatic carbocycles. The van der Waals surface area contributed by atoms with Gasteiger partial charge in [-0.3, -0.25) is 4.79 Å². The van der Waals surface area contributed by atoms with E-state index in [0.717, 1.165) is 5.75 Å². The number of hydrogen-bond acceptors (Lipinski definition) is 2. The molecular weight excluding hydrogens is 164 g/mol. The highest BCUT2D eigenvalue weighted by atomic mass is 16.5. The summed E-state index contributed by atoms with van der Waals surface area (Å²) in [5.74, 6) is 0.807. The fraction of sp³-hybridized carbons (Fsp3) is 0.182. The lowest BCUT2D eigenvalue weighted by Crippen LogP contribution is -1.98. The van der Waals surface area contributed by atoms with Gasteiger partial charge in [0.2, 0.25) is 6.29 Å². The third kappa shape index (κ3) is 3.56. The summed E-state index contributed by atoms with van der Waals surface area (Å²) >= 11 is 0. The Kier molecular flexibility index (Phi) is 3.76. The molecule has 0 atom stereocenters. The van der Waals surface area contributed by atoms with Crippen LogP contribution in [0.1, 0.15) is 6.42 Å². The van der Waals surface area contributed by atoms with E-state index in [0.29, 0.717) is 18.6 Å². The van der Waals surface area contributed by atoms with Crippen molar-refractivity contribution in [3.05, 3.63) is 42.5 Å². The Bertz CT molecular complexity index is 277. The Morgan fingerprint density at radius 3 is 2.69 bits per heavy atom. The lowest BCUT2D eigenvalue weighted by Gasteiger charge is -2.03. The highest BCUT2D eigenvalue weighted by Gasteiger charge is 1.94. The third-order valence-electron chi connectivity index (χ3n) is 1.56. The van der Waals surface area contributed by atoms with Gasteiger partial charge in [-0.25, -0.2) is 0 Å². The molecule has 0 N–H and O–H groups in total. The lowest BCUT2D eigenvalue weighted by atomic mass is 10.2. The van der Waals surface area contributed by atoms with Crippen LogP contribution in [-0.4, -0.2) is 12.9 Å². The summed E-state index contributed by atoms with van der Waals surface area (Å²) in [4.78, 5) is 10.1. The highest BCUT2D eigenvalue weighted by Crippen LogP contribution is 2.08. The monoisotopic (exact) mass is 175 g/mol. The van der Waals surface area contributed by atoms with Crippen molar-refractivity contribution in [2.45, 2.75) is 6.42 Å². The second kappa shape index (κ2) is 5.14. The molecule has 67 valence electrons. The summed E-state index contributed by atoms with van der Waals surface area (Å²) in [6, 6.07) is 9.46. The van der Waals surface area contributed by atoms with Gasteiger partial charge in [-0.2, -0.15) is 0 Å². The highest BCUT2D eigenvalue weighted by molar-refractivity contribution is 5.72. The van der Waals surface area contributed by atoms with E-state index in [2.05, 4.69) is 6.58 Å². The van der Waals surface area contributed by atoms with Crippen molar-refractivity contribution < 1.29 is 9.53 Å². The minimum Gasteiger partial charge on any atom is -0.493 e. The minimum absolute atomic E-state index is 0.441. The first kappa shape index (κ1) is 9.52. The van der Waals surface area contributed by atoms with Crippen molar-refractivity contribution in [1.82, 2.24) is 0 Å². The molecule has 0 aliphatic rings. The van der Waals surface area contributed by atoms with Crippen LogP contribution in [0.4, 0.5) is 0 Å². The van der Waals surface area contributed by atoms with Gasteiger partial charge in [0.1, 0.15) is 5.75 Å². The zero-order valence-corrected chi connectivity index (χ0v) is 7.32. The molecule has 0 unspecified atom stereocenters. The van der Waals surface area contributed by atoms with E-state index in [9.17, 15) is 4.79 Å². The van der Waals surface area contributed by atoms with Gasteiger partial charge in [0.25, 0.3) is 0 Å². The molecule has 0 saturated carbocycles. The van der Waals surface area contributed by atoms with Crippen LogP contribution in [0.25, 0.3) is 0 Å². The average Bonchev–Trinajstić information content (AvgIpc) is 2.19. The van der Waals surface area contributed by atoms with Crippen molar-refractivity contribution in [3.63, 3.8) is 0 Å². The molecule has 0 aromatic heterocycles. The van der Waals surface area contributed by atoms with Crippen molar-refractivity contribution in [1.29, 1.82) is 0 Å². The van der Waals surface area contributed by atoms with E-state index in [1.165, 1.54) is 0 Å². The Morgan fingerprint density at radius 2 is 2.08 bits per heavy atom. The number of ether oxygens (including phenoxy) is 1. The summed E-state index contributed by atoms with van der Waals surface area (Å²) in [7, 11) is 0. The van der Waals surface area contributed by atoms with Gasteiger partial charge in [0.05, 0.1) is 6.61 Å². The van der Waals surface area contributed by atoms with Gasteiger partial charge in [-0.1, -0.05) is 24.8 Å². The van der Waals surface area contributed by atoms with Crippen LogP contribution >= 0.6 is 0 Å². The van der Waals surface area contributed by atoms with Crippen LogP contribution in [0.5, 0.6) is 5.75 Å². The normalized spacial score (nSPS) is 9.23. The average molecular weight is 175 g/mol. The number of para-hydroxylation sites is 1. The smallest absolute Gasteiger partial charge is 0.228 e. The maximum absolute atomic E-state index is 10.1. The fourth-order valence-corrected chi connectivity index (χ4v) is 0.860. The molecule has 0 aliphatic heterocycles. The van der Waals surface area contributed by atoms with Gasteiger partial charge in [0.15, 0.2) is 0 Å². The van der Waals surface area contributed by atoms with Crippen LogP contribution in [-0.2, 0) is 4.79 Å². The van der Waals surface area contributed by atoms with Crippen molar-refractivity contribution in [2.75, 3.05) is 6.61 Å². The SMILES string of the molecule is C=C([C]=O)CCOc1ccccc1. The van der Waals surface area contributed by atoms with Crippen LogP contribution in [0, 0.1) is 0 Å². The third-order valence-corrected chi connectivity index (χ3v) is 1.56.